The van der Waals surface area contributed by atoms with E-state index in [4.69, 9.17) is 11.6 Å². The van der Waals surface area contributed by atoms with Crippen LogP contribution in [0.1, 0.15) is 38.8 Å². The zero-order valence-corrected chi connectivity index (χ0v) is 17.2. The Labute approximate surface area is 179 Å². The standard InChI is InChI=1S/C23H20ClN3O3/c1-14-6-5-8-19(21(14)28)23(30)27-26-15(2)16-10-12-17(13-11-16)25-22(29)18-7-3-4-9-20(18)24/h3-13,28H,1-2H3,(H,25,29)(H,27,30)/b26-15+. The first-order valence-corrected chi connectivity index (χ1v) is 9.54. The maximum atomic E-state index is 12.3. The summed E-state index contributed by atoms with van der Waals surface area (Å²) < 4.78 is 0. The number of rotatable bonds is 5. The molecule has 0 fully saturated rings. The second-order valence-corrected chi connectivity index (χ2v) is 7.03. The summed E-state index contributed by atoms with van der Waals surface area (Å²) in [6.45, 7) is 3.46. The lowest BCUT2D eigenvalue weighted by Crippen LogP contribution is -2.19. The van der Waals surface area contributed by atoms with Crippen LogP contribution in [-0.2, 0) is 0 Å². The zero-order valence-electron chi connectivity index (χ0n) is 16.4. The van der Waals surface area contributed by atoms with E-state index in [-0.39, 0.29) is 17.2 Å². The first kappa shape index (κ1) is 21.1. The number of carbonyl (C=O) groups excluding carboxylic acids is 2. The monoisotopic (exact) mass is 421 g/mol. The van der Waals surface area contributed by atoms with E-state index in [1.165, 1.54) is 6.07 Å². The SMILES string of the molecule is C/C(=N\NC(=O)c1cccc(C)c1O)c1ccc(NC(=O)c2ccccc2Cl)cc1. The maximum Gasteiger partial charge on any atom is 0.275 e. The fraction of sp³-hybridized carbons (Fsp3) is 0.0870. The van der Waals surface area contributed by atoms with Crippen LogP contribution in [0, 0.1) is 6.92 Å². The summed E-state index contributed by atoms with van der Waals surface area (Å²) in [4.78, 5) is 24.6. The molecule has 0 radical (unpaired) electrons. The summed E-state index contributed by atoms with van der Waals surface area (Å²) >= 11 is 6.05. The van der Waals surface area contributed by atoms with Gasteiger partial charge in [-0.15, -0.1) is 0 Å². The van der Waals surface area contributed by atoms with Gasteiger partial charge in [0, 0.05) is 5.69 Å². The van der Waals surface area contributed by atoms with Gasteiger partial charge in [-0.25, -0.2) is 5.43 Å². The third-order valence-corrected chi connectivity index (χ3v) is 4.82. The molecule has 0 aromatic heterocycles. The molecular weight excluding hydrogens is 402 g/mol. The van der Waals surface area contributed by atoms with E-state index in [1.807, 2.05) is 0 Å². The average molecular weight is 422 g/mol. The maximum absolute atomic E-state index is 12.3. The van der Waals surface area contributed by atoms with Gasteiger partial charge in [0.25, 0.3) is 11.8 Å². The van der Waals surface area contributed by atoms with Crippen molar-refractivity contribution >= 4 is 34.8 Å². The van der Waals surface area contributed by atoms with Gasteiger partial charge in [0.1, 0.15) is 5.75 Å². The minimum atomic E-state index is -0.501. The molecule has 7 heteroatoms. The van der Waals surface area contributed by atoms with Crippen molar-refractivity contribution in [2.24, 2.45) is 5.10 Å². The van der Waals surface area contributed by atoms with Gasteiger partial charge in [0.2, 0.25) is 0 Å². The molecule has 0 unspecified atom stereocenters. The van der Waals surface area contributed by atoms with Crippen LogP contribution in [0.15, 0.2) is 71.8 Å². The molecule has 2 amide bonds. The van der Waals surface area contributed by atoms with Crippen molar-refractivity contribution in [2.45, 2.75) is 13.8 Å². The number of benzene rings is 3. The number of aromatic hydroxyl groups is 1. The highest BCUT2D eigenvalue weighted by Crippen LogP contribution is 2.21. The second kappa shape index (κ2) is 9.24. The molecule has 3 aromatic carbocycles. The third kappa shape index (κ3) is 4.85. The predicted octanol–water partition coefficient (Wildman–Crippen LogP) is 4.76. The Hall–Kier alpha value is -3.64. The number of halogens is 1. The highest BCUT2D eigenvalue weighted by Gasteiger charge is 2.12. The van der Waals surface area contributed by atoms with E-state index in [9.17, 15) is 14.7 Å². The lowest BCUT2D eigenvalue weighted by atomic mass is 10.1. The number of nitrogens with one attached hydrogen (secondary N) is 2. The van der Waals surface area contributed by atoms with E-state index in [2.05, 4.69) is 15.8 Å². The number of hydrogen-bond donors (Lipinski definition) is 3. The molecule has 0 saturated carbocycles. The second-order valence-electron chi connectivity index (χ2n) is 6.62. The molecule has 6 nitrogen and oxygen atoms in total. The lowest BCUT2D eigenvalue weighted by molar-refractivity contribution is 0.0951. The van der Waals surface area contributed by atoms with E-state index < -0.39 is 5.91 Å². The van der Waals surface area contributed by atoms with Crippen LogP contribution in [0.4, 0.5) is 5.69 Å². The van der Waals surface area contributed by atoms with Crippen LogP contribution in [-0.4, -0.2) is 22.6 Å². The van der Waals surface area contributed by atoms with Crippen molar-refractivity contribution in [3.05, 3.63) is 94.0 Å². The normalized spacial score (nSPS) is 11.1. The fourth-order valence-electron chi connectivity index (χ4n) is 2.74. The molecule has 0 aliphatic carbocycles. The topological polar surface area (TPSA) is 90.8 Å². The van der Waals surface area contributed by atoms with Gasteiger partial charge in [-0.3, -0.25) is 9.59 Å². The molecule has 152 valence electrons. The van der Waals surface area contributed by atoms with Gasteiger partial charge in [0.15, 0.2) is 0 Å². The van der Waals surface area contributed by atoms with Crippen LogP contribution in [0.2, 0.25) is 5.02 Å². The van der Waals surface area contributed by atoms with Crippen LogP contribution in [0.25, 0.3) is 0 Å². The molecule has 3 N–H and O–H groups in total. The van der Waals surface area contributed by atoms with E-state index >= 15 is 0 Å². The minimum absolute atomic E-state index is 0.0681. The lowest BCUT2D eigenvalue weighted by Gasteiger charge is -2.08. The summed E-state index contributed by atoms with van der Waals surface area (Å²) in [7, 11) is 0. The molecule has 3 rings (SSSR count). The van der Waals surface area contributed by atoms with Crippen molar-refractivity contribution in [1.82, 2.24) is 5.43 Å². The quantitative estimate of drug-likeness (QED) is 0.409. The van der Waals surface area contributed by atoms with E-state index in [0.29, 0.717) is 27.5 Å². The molecular formula is C23H20ClN3O3. The summed E-state index contributed by atoms with van der Waals surface area (Å²) in [5, 5.41) is 17.3. The number of nitrogens with zero attached hydrogens (tertiary/aromatic N) is 1. The van der Waals surface area contributed by atoms with Gasteiger partial charge in [-0.1, -0.05) is 48.0 Å². The Bertz CT molecular complexity index is 1120. The van der Waals surface area contributed by atoms with Crippen LogP contribution >= 0.6 is 11.6 Å². The Morgan fingerprint density at radius 2 is 1.57 bits per heavy atom. The predicted molar refractivity (Wildman–Crippen MR) is 118 cm³/mol. The Kier molecular flexibility index (Phi) is 6.49. The number of anilines is 1. The van der Waals surface area contributed by atoms with Crippen molar-refractivity contribution in [3.63, 3.8) is 0 Å². The van der Waals surface area contributed by atoms with Crippen LogP contribution in [0.3, 0.4) is 0 Å². The van der Waals surface area contributed by atoms with Gasteiger partial charge >= 0.3 is 0 Å². The molecule has 0 aliphatic heterocycles. The van der Waals surface area contributed by atoms with Gasteiger partial charge in [-0.2, -0.15) is 5.10 Å². The summed E-state index contributed by atoms with van der Waals surface area (Å²) in [5.41, 5.74) is 5.54. The molecule has 0 saturated heterocycles. The zero-order chi connectivity index (χ0) is 21.7. The minimum Gasteiger partial charge on any atom is -0.507 e. The van der Waals surface area contributed by atoms with Gasteiger partial charge < -0.3 is 10.4 Å². The number of hydrazone groups is 1. The summed E-state index contributed by atoms with van der Waals surface area (Å²) in [6, 6.07) is 18.8. The number of amides is 2. The average Bonchev–Trinajstić information content (AvgIpc) is 2.74. The van der Waals surface area contributed by atoms with Crippen molar-refractivity contribution in [2.75, 3.05) is 5.32 Å². The molecule has 30 heavy (non-hydrogen) atoms. The number of hydrogen-bond acceptors (Lipinski definition) is 4. The fourth-order valence-corrected chi connectivity index (χ4v) is 2.96. The molecule has 0 heterocycles. The smallest absolute Gasteiger partial charge is 0.275 e. The van der Waals surface area contributed by atoms with Gasteiger partial charge in [-0.05, 0) is 55.3 Å². The van der Waals surface area contributed by atoms with Crippen molar-refractivity contribution in [3.8, 4) is 5.75 Å². The van der Waals surface area contributed by atoms with Crippen molar-refractivity contribution in [1.29, 1.82) is 0 Å². The van der Waals surface area contributed by atoms with Crippen LogP contribution < -0.4 is 10.7 Å². The number of phenolic OH excluding ortho intramolecular Hbond substituents is 1. The Morgan fingerprint density at radius 3 is 2.27 bits per heavy atom. The number of carbonyl (C=O) groups is 2. The van der Waals surface area contributed by atoms with Crippen molar-refractivity contribution < 1.29 is 14.7 Å². The Balaban J connectivity index is 1.66. The first-order chi connectivity index (χ1) is 14.4. The first-order valence-electron chi connectivity index (χ1n) is 9.16. The van der Waals surface area contributed by atoms with Gasteiger partial charge in [0.05, 0.1) is 21.9 Å². The highest BCUT2D eigenvalue weighted by atomic mass is 35.5. The Morgan fingerprint density at radius 1 is 0.900 bits per heavy atom. The molecule has 0 spiro atoms. The number of para-hydroxylation sites is 1. The number of phenols is 1. The highest BCUT2D eigenvalue weighted by molar-refractivity contribution is 6.34. The molecule has 3 aromatic rings. The summed E-state index contributed by atoms with van der Waals surface area (Å²) in [6.07, 6.45) is 0. The largest absolute Gasteiger partial charge is 0.507 e. The van der Waals surface area contributed by atoms with E-state index in [0.717, 1.165) is 5.56 Å². The molecule has 0 atom stereocenters. The molecule has 0 bridgehead atoms. The number of aryl methyl sites for hydroxylation is 1. The van der Waals surface area contributed by atoms with E-state index in [1.54, 1.807) is 74.5 Å². The molecule has 0 aliphatic rings. The van der Waals surface area contributed by atoms with Crippen LogP contribution in [0.5, 0.6) is 5.75 Å². The summed E-state index contributed by atoms with van der Waals surface area (Å²) in [5.74, 6) is -0.871. The third-order valence-electron chi connectivity index (χ3n) is 4.49.